The molecule has 0 aliphatic carbocycles. The second-order valence-electron chi connectivity index (χ2n) is 4.68. The van der Waals surface area contributed by atoms with Crippen LogP contribution in [-0.2, 0) is 18.8 Å². The molecule has 0 aliphatic heterocycles. The number of nitrogens with zero attached hydrogens (tertiary/aromatic N) is 2. The lowest BCUT2D eigenvalue weighted by atomic mass is 10.3. The number of carbonyl (C=O) groups excluding carboxylic acids is 2. The van der Waals surface area contributed by atoms with Crippen molar-refractivity contribution in [1.29, 1.82) is 0 Å². The lowest BCUT2D eigenvalue weighted by Gasteiger charge is -2.03. The van der Waals surface area contributed by atoms with E-state index in [1.54, 1.807) is 34.5 Å². The maximum Gasteiger partial charge on any atom is 0.354 e. The number of amides is 1. The van der Waals surface area contributed by atoms with Gasteiger partial charge in [-0.05, 0) is 24.6 Å². The maximum absolute atomic E-state index is 12.2. The zero-order valence-corrected chi connectivity index (χ0v) is 13.9. The number of aryl methyl sites for hydroxylation is 3. The molecule has 2 aromatic heterocycles. The number of nitrogens with one attached hydrogen (secondary N) is 1. The molecule has 1 N–H and O–H groups in total. The topological polar surface area (TPSA) is 65.3 Å². The quantitative estimate of drug-likeness (QED) is 0.887. The van der Waals surface area contributed by atoms with Crippen LogP contribution < -0.4 is 5.32 Å². The van der Waals surface area contributed by atoms with Gasteiger partial charge in [-0.15, -0.1) is 0 Å². The van der Waals surface area contributed by atoms with Crippen LogP contribution in [0.3, 0.4) is 0 Å². The van der Waals surface area contributed by atoms with E-state index in [4.69, 9.17) is 0 Å². The van der Waals surface area contributed by atoms with Gasteiger partial charge in [-0.3, -0.25) is 4.79 Å². The van der Waals surface area contributed by atoms with Crippen LogP contribution >= 0.6 is 0 Å². The summed E-state index contributed by atoms with van der Waals surface area (Å²) in [6.45, 7) is 5.93. The number of carbonyl (C=O) groups is 2. The van der Waals surface area contributed by atoms with Crippen LogP contribution in [-0.4, -0.2) is 28.1 Å². The highest BCUT2D eigenvalue weighted by Gasteiger charge is 2.15. The van der Waals surface area contributed by atoms with Crippen molar-refractivity contribution in [3.05, 3.63) is 41.5 Å². The summed E-state index contributed by atoms with van der Waals surface area (Å²) < 4.78 is 8.03. The van der Waals surface area contributed by atoms with E-state index in [1.165, 1.54) is 7.11 Å². The van der Waals surface area contributed by atoms with Crippen LogP contribution in [0.15, 0.2) is 24.5 Å². The summed E-state index contributed by atoms with van der Waals surface area (Å²) in [6.07, 6.45) is 3.54. The minimum atomic E-state index is -0.442. The highest BCUT2D eigenvalue weighted by atomic mass is 16.5. The molecule has 0 radical (unpaired) electrons. The van der Waals surface area contributed by atoms with Crippen LogP contribution in [0.5, 0.6) is 0 Å². The number of hydrogen-bond donors (Lipinski definition) is 1. The second-order valence-corrected chi connectivity index (χ2v) is 4.68. The van der Waals surface area contributed by atoms with Crippen molar-refractivity contribution in [1.82, 2.24) is 9.13 Å². The lowest BCUT2D eigenvalue weighted by Crippen LogP contribution is -2.14. The molecule has 0 aromatic carbocycles. The van der Waals surface area contributed by atoms with E-state index >= 15 is 0 Å². The molecule has 2 heterocycles. The Balaban J connectivity index is 0.00000116. The third kappa shape index (κ3) is 3.78. The molecule has 120 valence electrons. The first-order valence-corrected chi connectivity index (χ1v) is 7.11. The fourth-order valence-corrected chi connectivity index (χ4v) is 2.09. The molecule has 0 spiro atoms. The molecule has 0 fully saturated rings. The summed E-state index contributed by atoms with van der Waals surface area (Å²) in [7, 11) is 4.85. The standard InChI is InChI=1S/C14H17N3O3.C2H6/c1-9-5-11(16(2)7-9)13(18)15-10-6-12(14(19)20-4)17(3)8-10;1-2/h5-8H,1-4H3,(H,15,18);1-2H3. The third-order valence-corrected chi connectivity index (χ3v) is 3.03. The molecule has 0 saturated carbocycles. The number of hydrogen-bond acceptors (Lipinski definition) is 3. The minimum absolute atomic E-state index is 0.220. The molecule has 0 bridgehead atoms. The Hall–Kier alpha value is -2.50. The summed E-state index contributed by atoms with van der Waals surface area (Å²) in [5.74, 6) is -0.662. The molecule has 6 heteroatoms. The number of anilines is 1. The normalized spacial score (nSPS) is 9.73. The summed E-state index contributed by atoms with van der Waals surface area (Å²) >= 11 is 0. The second kappa shape index (κ2) is 7.49. The predicted molar refractivity (Wildman–Crippen MR) is 86.2 cm³/mol. The number of ether oxygens (including phenoxy) is 1. The maximum atomic E-state index is 12.2. The molecular weight excluding hydrogens is 282 g/mol. The van der Waals surface area contributed by atoms with Crippen molar-refractivity contribution in [2.45, 2.75) is 20.8 Å². The average Bonchev–Trinajstić information content (AvgIpc) is 3.02. The number of esters is 1. The molecular formula is C16H23N3O3. The van der Waals surface area contributed by atoms with E-state index in [1.807, 2.05) is 34.0 Å². The SMILES string of the molecule is CC.COC(=O)c1cc(NC(=O)c2cc(C)cn2C)cn1C. The van der Waals surface area contributed by atoms with Crippen LogP contribution in [0.1, 0.15) is 40.4 Å². The van der Waals surface area contributed by atoms with E-state index in [0.717, 1.165) is 5.56 Å². The molecule has 2 rings (SSSR count). The first-order chi connectivity index (χ1) is 10.4. The highest BCUT2D eigenvalue weighted by molar-refractivity contribution is 6.04. The van der Waals surface area contributed by atoms with Gasteiger partial charge in [0.25, 0.3) is 5.91 Å². The molecule has 0 saturated heterocycles. The van der Waals surface area contributed by atoms with E-state index in [9.17, 15) is 9.59 Å². The van der Waals surface area contributed by atoms with E-state index in [-0.39, 0.29) is 5.91 Å². The first kappa shape index (κ1) is 17.6. The molecule has 0 atom stereocenters. The minimum Gasteiger partial charge on any atom is -0.464 e. The molecule has 0 unspecified atom stereocenters. The Kier molecular flexibility index (Phi) is 5.98. The van der Waals surface area contributed by atoms with Gasteiger partial charge in [-0.2, -0.15) is 0 Å². The number of rotatable bonds is 3. The Morgan fingerprint density at radius 1 is 1.05 bits per heavy atom. The number of aromatic nitrogens is 2. The smallest absolute Gasteiger partial charge is 0.354 e. The van der Waals surface area contributed by atoms with Crippen molar-refractivity contribution in [2.24, 2.45) is 14.1 Å². The van der Waals surface area contributed by atoms with Gasteiger partial charge < -0.3 is 19.2 Å². The van der Waals surface area contributed by atoms with E-state index in [0.29, 0.717) is 17.1 Å². The largest absolute Gasteiger partial charge is 0.464 e. The van der Waals surface area contributed by atoms with Crippen LogP contribution in [0, 0.1) is 6.92 Å². The summed E-state index contributed by atoms with van der Waals surface area (Å²) in [5.41, 5.74) is 2.51. The molecule has 1 amide bonds. The molecule has 2 aromatic rings. The Bertz CT molecular complexity index is 668. The summed E-state index contributed by atoms with van der Waals surface area (Å²) in [6, 6.07) is 3.39. The zero-order valence-electron chi connectivity index (χ0n) is 13.9. The predicted octanol–water partition coefficient (Wildman–Crippen LogP) is 2.74. The van der Waals surface area contributed by atoms with E-state index < -0.39 is 5.97 Å². The third-order valence-electron chi connectivity index (χ3n) is 3.03. The Morgan fingerprint density at radius 3 is 2.14 bits per heavy atom. The Morgan fingerprint density at radius 2 is 1.64 bits per heavy atom. The van der Waals surface area contributed by atoms with Crippen molar-refractivity contribution >= 4 is 17.6 Å². The van der Waals surface area contributed by atoms with Gasteiger partial charge in [0.05, 0.1) is 12.8 Å². The van der Waals surface area contributed by atoms with Gasteiger partial charge in [-0.25, -0.2) is 4.79 Å². The Labute approximate surface area is 130 Å². The monoisotopic (exact) mass is 305 g/mol. The van der Waals surface area contributed by atoms with Gasteiger partial charge in [-0.1, -0.05) is 13.8 Å². The van der Waals surface area contributed by atoms with Crippen LogP contribution in [0.4, 0.5) is 5.69 Å². The van der Waals surface area contributed by atoms with Crippen molar-refractivity contribution in [2.75, 3.05) is 12.4 Å². The molecule has 6 nitrogen and oxygen atoms in total. The first-order valence-electron chi connectivity index (χ1n) is 7.11. The fourth-order valence-electron chi connectivity index (χ4n) is 2.09. The van der Waals surface area contributed by atoms with Crippen molar-refractivity contribution < 1.29 is 14.3 Å². The molecule has 0 aliphatic rings. The zero-order chi connectivity index (χ0) is 16.9. The van der Waals surface area contributed by atoms with Crippen LogP contribution in [0.25, 0.3) is 0 Å². The van der Waals surface area contributed by atoms with Gasteiger partial charge in [0.1, 0.15) is 11.4 Å². The fraction of sp³-hybridized carbons (Fsp3) is 0.375. The molecule has 22 heavy (non-hydrogen) atoms. The number of methoxy groups -OCH3 is 1. The van der Waals surface area contributed by atoms with Gasteiger partial charge >= 0.3 is 5.97 Å². The van der Waals surface area contributed by atoms with Gasteiger partial charge in [0.15, 0.2) is 0 Å². The van der Waals surface area contributed by atoms with Crippen molar-refractivity contribution in [3.8, 4) is 0 Å². The van der Waals surface area contributed by atoms with Crippen molar-refractivity contribution in [3.63, 3.8) is 0 Å². The van der Waals surface area contributed by atoms with Crippen LogP contribution in [0.2, 0.25) is 0 Å². The van der Waals surface area contributed by atoms with Gasteiger partial charge in [0, 0.05) is 26.5 Å². The summed E-state index contributed by atoms with van der Waals surface area (Å²) in [5, 5.41) is 2.76. The average molecular weight is 305 g/mol. The van der Waals surface area contributed by atoms with Gasteiger partial charge in [0.2, 0.25) is 0 Å². The summed E-state index contributed by atoms with van der Waals surface area (Å²) in [4.78, 5) is 23.7. The highest BCUT2D eigenvalue weighted by Crippen LogP contribution is 2.15. The lowest BCUT2D eigenvalue weighted by molar-refractivity contribution is 0.0590. The van der Waals surface area contributed by atoms with E-state index in [2.05, 4.69) is 10.1 Å².